The highest BCUT2D eigenvalue weighted by molar-refractivity contribution is 8.00. The fraction of sp³-hybridized carbons (Fsp3) is 0.312. The van der Waals surface area contributed by atoms with Gasteiger partial charge in [0.25, 0.3) is 5.91 Å². The van der Waals surface area contributed by atoms with E-state index < -0.39 is 35.2 Å². The summed E-state index contributed by atoms with van der Waals surface area (Å²) in [5.41, 5.74) is 7.24. The van der Waals surface area contributed by atoms with Crippen LogP contribution in [0.25, 0.3) is 0 Å². The smallest absolute Gasteiger partial charge is 0.352 e. The second-order valence-electron chi connectivity index (χ2n) is 5.72. The van der Waals surface area contributed by atoms with Crippen molar-refractivity contribution in [1.29, 1.82) is 0 Å². The number of hydrogen-bond donors (Lipinski definition) is 3. The first-order valence-corrected chi connectivity index (χ1v) is 8.45. The minimum absolute atomic E-state index is 0. The molecule has 2 aliphatic rings. The molecule has 2 aliphatic heterocycles. The molecule has 0 saturated carbocycles. The van der Waals surface area contributed by atoms with Gasteiger partial charge < -0.3 is 21.6 Å². The number of carboxylic acid groups (broad SMARTS) is 1. The quantitative estimate of drug-likeness (QED) is 0.620. The zero-order chi connectivity index (χ0) is 17.4. The first-order valence-electron chi connectivity index (χ1n) is 7.40. The number of nitrogens with two attached hydrogens (primary N) is 1. The predicted octanol–water partition coefficient (Wildman–Crippen LogP) is -0.380. The van der Waals surface area contributed by atoms with Gasteiger partial charge in [-0.15, -0.1) is 11.8 Å². The van der Waals surface area contributed by atoms with Crippen molar-refractivity contribution in [2.75, 3.05) is 5.75 Å². The van der Waals surface area contributed by atoms with Crippen LogP contribution in [0, 0.1) is 0 Å². The van der Waals surface area contributed by atoms with E-state index in [1.165, 1.54) is 16.7 Å². The molecule has 1 aromatic carbocycles. The van der Waals surface area contributed by atoms with Gasteiger partial charge in [0.1, 0.15) is 23.2 Å². The number of nitrogens with one attached hydrogen (secondary N) is 1. The Balaban J connectivity index is 0.00000225. The molecule has 3 atom stereocenters. The molecule has 25 heavy (non-hydrogen) atoms. The Kier molecular flexibility index (Phi) is 5.51. The fourth-order valence-electron chi connectivity index (χ4n) is 2.83. The van der Waals surface area contributed by atoms with Crippen molar-refractivity contribution >= 4 is 29.5 Å². The molecule has 0 spiro atoms. The van der Waals surface area contributed by atoms with E-state index in [0.29, 0.717) is 16.9 Å². The second kappa shape index (κ2) is 7.26. The zero-order valence-electron chi connectivity index (χ0n) is 13.4. The number of hydrogen-bond acceptors (Lipinski definition) is 5. The summed E-state index contributed by atoms with van der Waals surface area (Å²) in [4.78, 5) is 37.2. The highest BCUT2D eigenvalue weighted by atomic mass is 32.2. The van der Waals surface area contributed by atoms with E-state index in [0.717, 1.165) is 0 Å². The number of β-lactam (4-membered cyclic amide) rings is 1. The van der Waals surface area contributed by atoms with Crippen LogP contribution >= 0.6 is 11.8 Å². The van der Waals surface area contributed by atoms with E-state index in [9.17, 15) is 19.5 Å². The number of benzene rings is 1. The van der Waals surface area contributed by atoms with E-state index >= 15 is 0 Å². The fourth-order valence-corrected chi connectivity index (χ4v) is 4.12. The first kappa shape index (κ1) is 19.0. The summed E-state index contributed by atoms with van der Waals surface area (Å²) in [6, 6.07) is 7.23. The van der Waals surface area contributed by atoms with Crippen LogP contribution in [0.5, 0.6) is 0 Å². The maximum Gasteiger partial charge on any atom is 0.352 e. The lowest BCUT2D eigenvalue weighted by molar-refractivity contribution is -0.150. The highest BCUT2D eigenvalue weighted by Gasteiger charge is 2.53. The molecule has 2 heterocycles. The maximum absolute atomic E-state index is 12.3. The van der Waals surface area contributed by atoms with Crippen LogP contribution in [0.4, 0.5) is 0 Å². The lowest BCUT2D eigenvalue weighted by Crippen LogP contribution is -2.71. The molecule has 6 N–H and O–H groups in total. The van der Waals surface area contributed by atoms with E-state index in [1.807, 2.05) is 6.07 Å². The zero-order valence-corrected chi connectivity index (χ0v) is 14.2. The standard InChI is InChI=1S/C16H17N3O4S.H2O/c1-8-7-24-15-11(14(21)19(15)12(8)16(22)23)18-13(20)10(17)9-5-3-2-4-6-9;/h2-6,10-11,15H,7,17H2,1H3,(H,18,20)(H,22,23);1H2/t10?,11-,15-;/m0./s1. The summed E-state index contributed by atoms with van der Waals surface area (Å²) in [6.07, 6.45) is 0. The molecule has 0 aromatic heterocycles. The average Bonchev–Trinajstić information content (AvgIpc) is 2.59. The minimum atomic E-state index is -1.13. The summed E-state index contributed by atoms with van der Waals surface area (Å²) in [5.74, 6) is -1.50. The second-order valence-corrected chi connectivity index (χ2v) is 6.82. The summed E-state index contributed by atoms with van der Waals surface area (Å²) in [7, 11) is 0. The molecule has 1 aromatic rings. The van der Waals surface area contributed by atoms with Gasteiger partial charge in [0, 0.05) is 5.75 Å². The van der Waals surface area contributed by atoms with E-state index in [1.54, 1.807) is 31.2 Å². The van der Waals surface area contributed by atoms with Gasteiger partial charge in [-0.1, -0.05) is 30.3 Å². The molecular weight excluding hydrogens is 346 g/mol. The number of thioether (sulfide) groups is 1. The van der Waals surface area contributed by atoms with Gasteiger partial charge in [-0.3, -0.25) is 14.5 Å². The largest absolute Gasteiger partial charge is 0.477 e. The van der Waals surface area contributed by atoms with Gasteiger partial charge in [-0.05, 0) is 18.1 Å². The Morgan fingerprint density at radius 3 is 2.60 bits per heavy atom. The van der Waals surface area contributed by atoms with Gasteiger partial charge in [0.15, 0.2) is 0 Å². The van der Waals surface area contributed by atoms with Crippen LogP contribution in [-0.4, -0.2) is 50.4 Å². The minimum Gasteiger partial charge on any atom is -0.477 e. The molecule has 1 saturated heterocycles. The van der Waals surface area contributed by atoms with Gasteiger partial charge in [0.05, 0.1) is 0 Å². The normalized spacial score (nSPS) is 23.1. The molecule has 0 bridgehead atoms. The van der Waals surface area contributed by atoms with Crippen LogP contribution in [0.15, 0.2) is 41.6 Å². The van der Waals surface area contributed by atoms with E-state index in [-0.39, 0.29) is 11.2 Å². The predicted molar refractivity (Wildman–Crippen MR) is 92.3 cm³/mol. The first-order chi connectivity index (χ1) is 11.4. The van der Waals surface area contributed by atoms with Crippen LogP contribution in [0.2, 0.25) is 0 Å². The van der Waals surface area contributed by atoms with Crippen molar-refractivity contribution in [2.24, 2.45) is 5.73 Å². The molecule has 0 aliphatic carbocycles. The van der Waals surface area contributed by atoms with E-state index in [2.05, 4.69) is 5.32 Å². The van der Waals surface area contributed by atoms with Crippen LogP contribution in [-0.2, 0) is 14.4 Å². The van der Waals surface area contributed by atoms with Gasteiger partial charge in [0.2, 0.25) is 5.91 Å². The Hall–Kier alpha value is -2.36. The molecule has 1 fully saturated rings. The van der Waals surface area contributed by atoms with Gasteiger partial charge in [-0.2, -0.15) is 0 Å². The number of carbonyl (C=O) groups is 3. The number of carboxylic acids is 1. The summed E-state index contributed by atoms with van der Waals surface area (Å²) < 4.78 is 0. The van der Waals surface area contributed by atoms with Gasteiger partial charge >= 0.3 is 5.97 Å². The molecule has 8 nitrogen and oxygen atoms in total. The van der Waals surface area contributed by atoms with Crippen LogP contribution in [0.3, 0.4) is 0 Å². The number of carbonyl (C=O) groups excluding carboxylic acids is 2. The topological polar surface area (TPSA) is 144 Å². The van der Waals surface area contributed by atoms with Crippen molar-refractivity contribution in [1.82, 2.24) is 10.2 Å². The molecule has 1 unspecified atom stereocenters. The van der Waals surface area contributed by atoms with Crippen LogP contribution in [0.1, 0.15) is 18.5 Å². The average molecular weight is 365 g/mol. The maximum atomic E-state index is 12.3. The molecular formula is C16H19N3O5S. The van der Waals surface area contributed by atoms with E-state index in [4.69, 9.17) is 5.73 Å². The van der Waals surface area contributed by atoms with Crippen molar-refractivity contribution in [2.45, 2.75) is 24.4 Å². The Labute approximate surface area is 148 Å². The molecule has 9 heteroatoms. The third-order valence-electron chi connectivity index (χ3n) is 4.10. The van der Waals surface area contributed by atoms with Crippen molar-refractivity contribution in [3.8, 4) is 0 Å². The third kappa shape index (κ3) is 3.26. The number of amides is 2. The molecule has 0 radical (unpaired) electrons. The Bertz CT molecular complexity index is 737. The molecule has 134 valence electrons. The molecule has 3 rings (SSSR count). The summed E-state index contributed by atoms with van der Waals surface area (Å²) in [6.45, 7) is 1.69. The number of fused-ring (bicyclic) bond motifs is 1. The van der Waals surface area contributed by atoms with Crippen molar-refractivity contribution in [3.63, 3.8) is 0 Å². The Morgan fingerprint density at radius 1 is 1.36 bits per heavy atom. The lowest BCUT2D eigenvalue weighted by atomic mass is 10.0. The molecule has 2 amide bonds. The van der Waals surface area contributed by atoms with Crippen LogP contribution < -0.4 is 11.1 Å². The number of nitrogens with zero attached hydrogens (tertiary/aromatic N) is 1. The SMILES string of the molecule is CC1=C(C(=O)O)N2C(=O)[C@H](NC(=O)C(N)c3ccccc3)[C@@H]2SC1.O. The van der Waals surface area contributed by atoms with Crippen molar-refractivity contribution < 1.29 is 25.0 Å². The highest BCUT2D eigenvalue weighted by Crippen LogP contribution is 2.40. The Morgan fingerprint density at radius 2 is 2.00 bits per heavy atom. The third-order valence-corrected chi connectivity index (χ3v) is 5.52. The summed E-state index contributed by atoms with van der Waals surface area (Å²) in [5, 5.41) is 11.5. The van der Waals surface area contributed by atoms with Crippen molar-refractivity contribution in [3.05, 3.63) is 47.2 Å². The van der Waals surface area contributed by atoms with Gasteiger partial charge in [-0.25, -0.2) is 4.79 Å². The lowest BCUT2D eigenvalue weighted by Gasteiger charge is -2.49. The number of aliphatic carboxylic acids is 1. The summed E-state index contributed by atoms with van der Waals surface area (Å²) >= 11 is 1.43. The monoisotopic (exact) mass is 365 g/mol. The number of rotatable bonds is 4.